The van der Waals surface area contributed by atoms with Gasteiger partial charge < -0.3 is 9.47 Å². The predicted octanol–water partition coefficient (Wildman–Crippen LogP) is 2.58. The van der Waals surface area contributed by atoms with E-state index in [1.807, 2.05) is 0 Å². The Morgan fingerprint density at radius 3 is 2.08 bits per heavy atom. The Bertz CT molecular complexity index is 161. The van der Waals surface area contributed by atoms with Crippen molar-refractivity contribution >= 4 is 0 Å². The van der Waals surface area contributed by atoms with Crippen LogP contribution in [-0.4, -0.2) is 19.0 Å². The van der Waals surface area contributed by atoms with E-state index < -0.39 is 0 Å². The Hall–Kier alpha value is -0.0800. The Kier molecular flexibility index (Phi) is 2.61. The first-order chi connectivity index (χ1) is 6.22. The van der Waals surface area contributed by atoms with E-state index in [1.54, 1.807) is 0 Å². The molecule has 1 aliphatic heterocycles. The molecule has 0 aromatic carbocycles. The van der Waals surface area contributed by atoms with Crippen molar-refractivity contribution < 1.29 is 9.47 Å². The first-order valence-electron chi connectivity index (χ1n) is 5.50. The van der Waals surface area contributed by atoms with Gasteiger partial charge in [0.25, 0.3) is 0 Å². The van der Waals surface area contributed by atoms with Crippen molar-refractivity contribution in [3.05, 3.63) is 0 Å². The van der Waals surface area contributed by atoms with Crippen LogP contribution in [0.3, 0.4) is 0 Å². The van der Waals surface area contributed by atoms with Gasteiger partial charge in [-0.25, -0.2) is 0 Å². The third-order valence-corrected chi connectivity index (χ3v) is 3.55. The van der Waals surface area contributed by atoms with E-state index >= 15 is 0 Å². The van der Waals surface area contributed by atoms with Crippen molar-refractivity contribution in [3.63, 3.8) is 0 Å². The second-order valence-electron chi connectivity index (χ2n) is 4.69. The minimum Gasteiger partial charge on any atom is -0.348 e. The second kappa shape index (κ2) is 3.58. The Morgan fingerprint density at radius 2 is 1.62 bits per heavy atom. The van der Waals surface area contributed by atoms with Crippen LogP contribution >= 0.6 is 0 Å². The number of rotatable bonds is 1. The van der Waals surface area contributed by atoms with Crippen LogP contribution in [0, 0.1) is 11.8 Å². The van der Waals surface area contributed by atoms with E-state index in [9.17, 15) is 0 Å². The fourth-order valence-electron chi connectivity index (χ4n) is 2.53. The van der Waals surface area contributed by atoms with Crippen molar-refractivity contribution in [2.45, 2.75) is 45.3 Å². The van der Waals surface area contributed by atoms with Gasteiger partial charge in [-0.05, 0) is 24.7 Å². The molecule has 0 bridgehead atoms. The molecule has 1 heterocycles. The molecule has 0 unspecified atom stereocenters. The average Bonchev–Trinajstić information content (AvgIpc) is 2.54. The summed E-state index contributed by atoms with van der Waals surface area (Å²) in [7, 11) is 0. The second-order valence-corrected chi connectivity index (χ2v) is 4.69. The van der Waals surface area contributed by atoms with E-state index in [0.29, 0.717) is 0 Å². The lowest BCUT2D eigenvalue weighted by Gasteiger charge is -2.36. The van der Waals surface area contributed by atoms with Crippen LogP contribution in [-0.2, 0) is 9.47 Å². The van der Waals surface area contributed by atoms with E-state index in [2.05, 4.69) is 13.8 Å². The summed E-state index contributed by atoms with van der Waals surface area (Å²) < 4.78 is 11.4. The molecule has 1 spiro atoms. The molecule has 2 fully saturated rings. The summed E-state index contributed by atoms with van der Waals surface area (Å²) in [6.07, 6.45) is 4.76. The highest BCUT2D eigenvalue weighted by molar-refractivity contribution is 4.83. The molecule has 2 rings (SSSR count). The zero-order chi connectivity index (χ0) is 9.31. The Balaban J connectivity index is 1.88. The molecule has 1 aliphatic carbocycles. The molecular formula is C11H20O2. The highest BCUT2D eigenvalue weighted by Gasteiger charge is 2.40. The predicted molar refractivity (Wildman–Crippen MR) is 51.4 cm³/mol. The fraction of sp³-hybridized carbons (Fsp3) is 1.00. The summed E-state index contributed by atoms with van der Waals surface area (Å²) in [6, 6.07) is 0. The summed E-state index contributed by atoms with van der Waals surface area (Å²) in [5, 5.41) is 0. The van der Waals surface area contributed by atoms with Gasteiger partial charge in [0.1, 0.15) is 0 Å². The van der Waals surface area contributed by atoms with E-state index in [1.165, 1.54) is 12.8 Å². The molecule has 0 atom stereocenters. The standard InChI is InChI=1S/C11H20O2/c1-9(2)10-3-5-11(6-4-10)12-7-8-13-11/h9-10H,3-8H2,1-2H3. The summed E-state index contributed by atoms with van der Waals surface area (Å²) in [6.45, 7) is 6.23. The van der Waals surface area contributed by atoms with Gasteiger partial charge in [-0.15, -0.1) is 0 Å². The Labute approximate surface area is 80.6 Å². The molecule has 0 aromatic rings. The van der Waals surface area contributed by atoms with Gasteiger partial charge in [-0.2, -0.15) is 0 Å². The highest BCUT2D eigenvalue weighted by atomic mass is 16.7. The monoisotopic (exact) mass is 184 g/mol. The molecule has 1 saturated heterocycles. The van der Waals surface area contributed by atoms with Crippen molar-refractivity contribution in [2.24, 2.45) is 11.8 Å². The zero-order valence-electron chi connectivity index (χ0n) is 8.71. The van der Waals surface area contributed by atoms with Crippen LogP contribution in [0.2, 0.25) is 0 Å². The van der Waals surface area contributed by atoms with E-state index in [4.69, 9.17) is 9.47 Å². The van der Waals surface area contributed by atoms with Gasteiger partial charge in [0.05, 0.1) is 13.2 Å². The van der Waals surface area contributed by atoms with Gasteiger partial charge in [0.15, 0.2) is 5.79 Å². The molecule has 2 aliphatic rings. The van der Waals surface area contributed by atoms with Gasteiger partial charge >= 0.3 is 0 Å². The lowest BCUT2D eigenvalue weighted by Crippen LogP contribution is -2.36. The maximum absolute atomic E-state index is 5.69. The number of ether oxygens (including phenoxy) is 2. The number of hydrogen-bond donors (Lipinski definition) is 0. The third kappa shape index (κ3) is 1.89. The molecule has 1 saturated carbocycles. The fourth-order valence-corrected chi connectivity index (χ4v) is 2.53. The summed E-state index contributed by atoms with van der Waals surface area (Å²) in [5.41, 5.74) is 0. The topological polar surface area (TPSA) is 18.5 Å². The van der Waals surface area contributed by atoms with Gasteiger partial charge in [0, 0.05) is 12.8 Å². The minimum atomic E-state index is -0.161. The smallest absolute Gasteiger partial charge is 0.168 e. The van der Waals surface area contributed by atoms with Crippen LogP contribution in [0.5, 0.6) is 0 Å². The molecule has 0 radical (unpaired) electrons. The largest absolute Gasteiger partial charge is 0.348 e. The van der Waals surface area contributed by atoms with Gasteiger partial charge in [0.2, 0.25) is 0 Å². The van der Waals surface area contributed by atoms with Crippen molar-refractivity contribution in [1.29, 1.82) is 0 Å². The van der Waals surface area contributed by atoms with Crippen LogP contribution < -0.4 is 0 Å². The van der Waals surface area contributed by atoms with Crippen molar-refractivity contribution in [2.75, 3.05) is 13.2 Å². The minimum absolute atomic E-state index is 0.161. The van der Waals surface area contributed by atoms with Gasteiger partial charge in [-0.3, -0.25) is 0 Å². The normalized spacial score (nSPS) is 28.8. The maximum Gasteiger partial charge on any atom is 0.168 e. The highest BCUT2D eigenvalue weighted by Crippen LogP contribution is 2.40. The molecule has 2 heteroatoms. The lowest BCUT2D eigenvalue weighted by molar-refractivity contribution is -0.184. The molecule has 0 amide bonds. The first-order valence-corrected chi connectivity index (χ1v) is 5.50. The van der Waals surface area contributed by atoms with Crippen molar-refractivity contribution in [3.8, 4) is 0 Å². The summed E-state index contributed by atoms with van der Waals surface area (Å²) >= 11 is 0. The van der Waals surface area contributed by atoms with Crippen LogP contribution in [0.4, 0.5) is 0 Å². The van der Waals surface area contributed by atoms with Crippen molar-refractivity contribution in [1.82, 2.24) is 0 Å². The molecule has 76 valence electrons. The van der Waals surface area contributed by atoms with Crippen LogP contribution in [0.25, 0.3) is 0 Å². The zero-order valence-corrected chi connectivity index (χ0v) is 8.71. The average molecular weight is 184 g/mol. The SMILES string of the molecule is CC(C)C1CCC2(CC1)OCCO2. The Morgan fingerprint density at radius 1 is 1.08 bits per heavy atom. The number of hydrogen-bond acceptors (Lipinski definition) is 2. The van der Waals surface area contributed by atoms with E-state index in [-0.39, 0.29) is 5.79 Å². The molecule has 13 heavy (non-hydrogen) atoms. The molecule has 2 nitrogen and oxygen atoms in total. The molecular weight excluding hydrogens is 164 g/mol. The van der Waals surface area contributed by atoms with Crippen LogP contribution in [0.1, 0.15) is 39.5 Å². The van der Waals surface area contributed by atoms with Crippen LogP contribution in [0.15, 0.2) is 0 Å². The van der Waals surface area contributed by atoms with E-state index in [0.717, 1.165) is 37.9 Å². The quantitative estimate of drug-likeness (QED) is 0.623. The molecule has 0 aromatic heterocycles. The summed E-state index contributed by atoms with van der Waals surface area (Å²) in [5.74, 6) is 1.54. The lowest BCUT2D eigenvalue weighted by atomic mass is 9.79. The maximum atomic E-state index is 5.69. The molecule has 0 N–H and O–H groups in total. The summed E-state index contributed by atoms with van der Waals surface area (Å²) in [4.78, 5) is 0. The first kappa shape index (κ1) is 9.47. The van der Waals surface area contributed by atoms with Gasteiger partial charge in [-0.1, -0.05) is 13.8 Å². The third-order valence-electron chi connectivity index (χ3n) is 3.55.